The Labute approximate surface area is 258 Å². The molecule has 0 aliphatic carbocycles. The van der Waals surface area contributed by atoms with E-state index >= 15 is 0 Å². The molecule has 2 aromatic heterocycles. The summed E-state index contributed by atoms with van der Waals surface area (Å²) in [6.07, 6.45) is 3.41. The van der Waals surface area contributed by atoms with Crippen molar-refractivity contribution >= 4 is 40.5 Å². The number of nitrogens with two attached hydrogens (primary N) is 2. The fraction of sp³-hybridized carbons (Fsp3) is 0.258. The smallest absolute Gasteiger partial charge is 0.332 e. The molecule has 1 aliphatic heterocycles. The highest BCUT2D eigenvalue weighted by Crippen LogP contribution is 2.29. The van der Waals surface area contributed by atoms with Gasteiger partial charge in [-0.3, -0.25) is 24.2 Å². The predicted octanol–water partition coefficient (Wildman–Crippen LogP) is 2.58. The molecular formula is C31H31N9O5. The fourth-order valence-electron chi connectivity index (χ4n) is 4.95. The number of nitrogens with one attached hydrogen (secondary N) is 1. The number of ether oxygens (including phenoxy) is 1. The van der Waals surface area contributed by atoms with Gasteiger partial charge in [0, 0.05) is 30.0 Å². The van der Waals surface area contributed by atoms with E-state index in [2.05, 4.69) is 21.4 Å². The summed E-state index contributed by atoms with van der Waals surface area (Å²) in [5.41, 5.74) is 12.7. The number of aryl methyl sites for hydroxylation is 1. The number of para-hydroxylation sites is 1. The minimum absolute atomic E-state index is 0.0225. The molecular weight excluding hydrogens is 578 g/mol. The number of fused-ring (bicyclic) bond motifs is 1. The SMILES string of the molecule is Cn1c(CN2C(=O)CN(c3ccc(Oc4ccccc4C(N)=O)cc3)C2=O)cc2cnc(C(=O)N[C@H](C#N)CCCCN)nc21. The molecule has 1 fully saturated rings. The average molecular weight is 610 g/mol. The van der Waals surface area contributed by atoms with E-state index in [0.717, 1.165) is 11.3 Å². The van der Waals surface area contributed by atoms with Crippen LogP contribution in [0.5, 0.6) is 11.5 Å². The molecule has 45 heavy (non-hydrogen) atoms. The Morgan fingerprint density at radius 1 is 1.13 bits per heavy atom. The van der Waals surface area contributed by atoms with Gasteiger partial charge in [0.25, 0.3) is 17.7 Å². The standard InChI is InChI=1S/C31H31N9O5/c1-38-22(14-19-16-35-28(37-29(19)38)30(43)36-20(15-33)6-4-5-13-32)17-40-26(41)18-39(31(40)44)21-9-11-23(12-10-21)45-25-8-3-2-7-24(25)27(34)42/h2-3,7-12,14,16,20H,4-6,13,17-18,32H2,1H3,(H2,34,42)(H,36,43)/t20-/m0/s1. The summed E-state index contributed by atoms with van der Waals surface area (Å²) in [6, 6.07) is 15.8. The number of rotatable bonds is 12. The number of amides is 5. The second-order valence-corrected chi connectivity index (χ2v) is 10.4. The number of carbonyl (C=O) groups is 4. The first kappa shape index (κ1) is 30.6. The van der Waals surface area contributed by atoms with Gasteiger partial charge in [0.15, 0.2) is 0 Å². The Balaban J connectivity index is 1.27. The summed E-state index contributed by atoms with van der Waals surface area (Å²) in [4.78, 5) is 61.8. The number of hydrogen-bond acceptors (Lipinski definition) is 9. The Morgan fingerprint density at radius 2 is 1.89 bits per heavy atom. The number of benzene rings is 2. The molecule has 0 spiro atoms. The molecule has 2 aromatic carbocycles. The van der Waals surface area contributed by atoms with Gasteiger partial charge in [-0.05, 0) is 68.3 Å². The molecule has 4 aromatic rings. The third-order valence-corrected chi connectivity index (χ3v) is 7.38. The Hall–Kier alpha value is -5.81. The zero-order valence-corrected chi connectivity index (χ0v) is 24.5. The monoisotopic (exact) mass is 609 g/mol. The number of nitrogens with zero attached hydrogens (tertiary/aromatic N) is 6. The highest BCUT2D eigenvalue weighted by molar-refractivity contribution is 6.12. The summed E-state index contributed by atoms with van der Waals surface area (Å²) in [7, 11) is 1.72. The molecule has 3 heterocycles. The predicted molar refractivity (Wildman–Crippen MR) is 163 cm³/mol. The van der Waals surface area contributed by atoms with Gasteiger partial charge in [-0.15, -0.1) is 0 Å². The van der Waals surface area contributed by atoms with Gasteiger partial charge in [-0.25, -0.2) is 14.8 Å². The lowest BCUT2D eigenvalue weighted by Crippen LogP contribution is -2.35. The lowest BCUT2D eigenvalue weighted by atomic mass is 10.1. The number of imide groups is 1. The normalized spacial score (nSPS) is 13.6. The summed E-state index contributed by atoms with van der Waals surface area (Å²) >= 11 is 0. The van der Waals surface area contributed by atoms with Crippen molar-refractivity contribution in [3.8, 4) is 17.6 Å². The van der Waals surface area contributed by atoms with Crippen LogP contribution in [0.1, 0.15) is 45.9 Å². The Bertz CT molecular complexity index is 1810. The van der Waals surface area contributed by atoms with Crippen LogP contribution in [0.4, 0.5) is 10.5 Å². The van der Waals surface area contributed by atoms with Crippen LogP contribution in [0, 0.1) is 11.3 Å². The van der Waals surface area contributed by atoms with Gasteiger partial charge >= 0.3 is 6.03 Å². The topological polar surface area (TPSA) is 203 Å². The first-order valence-electron chi connectivity index (χ1n) is 14.2. The molecule has 0 bridgehead atoms. The van der Waals surface area contributed by atoms with Gasteiger partial charge in [0.2, 0.25) is 5.82 Å². The lowest BCUT2D eigenvalue weighted by Gasteiger charge is -2.18. The fourth-order valence-corrected chi connectivity index (χ4v) is 4.95. The van der Waals surface area contributed by atoms with E-state index in [-0.39, 0.29) is 30.4 Å². The van der Waals surface area contributed by atoms with Crippen LogP contribution in [0.2, 0.25) is 0 Å². The largest absolute Gasteiger partial charge is 0.457 e. The van der Waals surface area contributed by atoms with E-state index in [1.165, 1.54) is 11.1 Å². The first-order valence-corrected chi connectivity index (χ1v) is 14.2. The summed E-state index contributed by atoms with van der Waals surface area (Å²) in [5, 5.41) is 12.6. The molecule has 230 valence electrons. The van der Waals surface area contributed by atoms with E-state index in [0.29, 0.717) is 53.3 Å². The number of anilines is 1. The quantitative estimate of drug-likeness (QED) is 0.159. The summed E-state index contributed by atoms with van der Waals surface area (Å²) < 4.78 is 7.50. The third kappa shape index (κ3) is 6.58. The summed E-state index contributed by atoms with van der Waals surface area (Å²) in [5.74, 6) is -0.960. The maximum atomic E-state index is 13.3. The Morgan fingerprint density at radius 3 is 2.60 bits per heavy atom. The van der Waals surface area contributed by atoms with Crippen LogP contribution in [-0.2, 0) is 18.4 Å². The number of aromatic nitrogens is 3. The van der Waals surface area contributed by atoms with Crippen molar-refractivity contribution in [3.63, 3.8) is 0 Å². The molecule has 0 radical (unpaired) electrons. The van der Waals surface area contributed by atoms with Gasteiger partial charge in [-0.1, -0.05) is 12.1 Å². The highest BCUT2D eigenvalue weighted by Gasteiger charge is 2.37. The molecule has 5 rings (SSSR count). The molecule has 14 heteroatoms. The minimum atomic E-state index is -0.690. The molecule has 0 unspecified atom stereocenters. The van der Waals surface area contributed by atoms with E-state index in [4.69, 9.17) is 16.2 Å². The number of hydrogen-bond donors (Lipinski definition) is 3. The second kappa shape index (κ2) is 13.2. The minimum Gasteiger partial charge on any atom is -0.457 e. The first-order chi connectivity index (χ1) is 21.7. The zero-order valence-electron chi connectivity index (χ0n) is 24.5. The number of urea groups is 1. The van der Waals surface area contributed by atoms with Gasteiger partial charge in [-0.2, -0.15) is 5.26 Å². The molecule has 1 aliphatic rings. The molecule has 0 saturated carbocycles. The van der Waals surface area contributed by atoms with E-state index < -0.39 is 23.9 Å². The van der Waals surface area contributed by atoms with Gasteiger partial charge < -0.3 is 26.1 Å². The zero-order chi connectivity index (χ0) is 32.1. The van der Waals surface area contributed by atoms with Crippen molar-refractivity contribution in [2.24, 2.45) is 18.5 Å². The van der Waals surface area contributed by atoms with Crippen molar-refractivity contribution in [1.29, 1.82) is 5.26 Å². The van der Waals surface area contributed by atoms with Crippen LogP contribution in [0.3, 0.4) is 0 Å². The number of nitriles is 1. The molecule has 1 atom stereocenters. The van der Waals surface area contributed by atoms with E-state index in [9.17, 15) is 24.4 Å². The van der Waals surface area contributed by atoms with Crippen molar-refractivity contribution < 1.29 is 23.9 Å². The number of carbonyl (C=O) groups excluding carboxylic acids is 4. The number of primary amides is 1. The highest BCUT2D eigenvalue weighted by atomic mass is 16.5. The number of unbranched alkanes of at least 4 members (excludes halogenated alkanes) is 1. The average Bonchev–Trinajstić information content (AvgIpc) is 3.51. The van der Waals surface area contributed by atoms with Crippen LogP contribution in [0.15, 0.2) is 60.8 Å². The molecule has 5 N–H and O–H groups in total. The molecule has 5 amide bonds. The Kier molecular flexibility index (Phi) is 9.01. The van der Waals surface area contributed by atoms with Crippen molar-refractivity contribution in [2.45, 2.75) is 31.8 Å². The maximum Gasteiger partial charge on any atom is 0.332 e. The van der Waals surface area contributed by atoms with Gasteiger partial charge in [0.05, 0.1) is 18.2 Å². The lowest BCUT2D eigenvalue weighted by molar-refractivity contribution is -0.125. The summed E-state index contributed by atoms with van der Waals surface area (Å²) in [6.45, 7) is 0.335. The van der Waals surface area contributed by atoms with E-state index in [1.54, 1.807) is 66.2 Å². The molecule has 1 saturated heterocycles. The maximum absolute atomic E-state index is 13.3. The van der Waals surface area contributed by atoms with E-state index in [1.807, 2.05) is 0 Å². The third-order valence-electron chi connectivity index (χ3n) is 7.38. The van der Waals surface area contributed by atoms with Crippen molar-refractivity contribution in [3.05, 3.63) is 77.9 Å². The van der Waals surface area contributed by atoms with Crippen molar-refractivity contribution in [2.75, 3.05) is 18.0 Å². The van der Waals surface area contributed by atoms with Crippen LogP contribution in [-0.4, -0.2) is 62.3 Å². The van der Waals surface area contributed by atoms with Crippen LogP contribution in [0.25, 0.3) is 11.0 Å². The van der Waals surface area contributed by atoms with Crippen LogP contribution >= 0.6 is 0 Å². The second-order valence-electron chi connectivity index (χ2n) is 10.4. The van der Waals surface area contributed by atoms with Crippen LogP contribution < -0.4 is 26.4 Å². The molecule has 14 nitrogen and oxygen atoms in total. The van der Waals surface area contributed by atoms with Gasteiger partial charge in [0.1, 0.15) is 29.7 Å². The van der Waals surface area contributed by atoms with Crippen molar-refractivity contribution in [1.82, 2.24) is 24.8 Å².